The van der Waals surface area contributed by atoms with Crippen molar-refractivity contribution in [1.29, 1.82) is 0 Å². The minimum absolute atomic E-state index is 0.0828. The quantitative estimate of drug-likeness (QED) is 0.184. The van der Waals surface area contributed by atoms with Gasteiger partial charge in [-0.05, 0) is 95.4 Å². The molecule has 2 heterocycles. The van der Waals surface area contributed by atoms with Gasteiger partial charge in [0.05, 0.1) is 0 Å². The summed E-state index contributed by atoms with van der Waals surface area (Å²) in [6, 6.07) is 50.4. The van der Waals surface area contributed by atoms with Gasteiger partial charge >= 0.3 is 0 Å². The SMILES string of the molecule is CC1(C)c2ccc3cc2c2cc(ccc2C1(C)C)c1nc(-c2ccccc2)nc(n1)c1cccc(c1)c1cccc(c1)c1cccc3c1. The summed E-state index contributed by atoms with van der Waals surface area (Å²) in [4.78, 5) is 15.3. The molecule has 230 valence electrons. The summed E-state index contributed by atoms with van der Waals surface area (Å²) >= 11 is 0. The van der Waals surface area contributed by atoms with E-state index < -0.39 is 0 Å². The normalized spacial score (nSPS) is 14.6. The molecule has 0 N–H and O–H groups in total. The smallest absolute Gasteiger partial charge is 0.164 e. The number of hydrogen-bond donors (Lipinski definition) is 0. The molecular weight excluding hydrogens is 583 g/mol. The van der Waals surface area contributed by atoms with E-state index in [2.05, 4.69) is 149 Å². The van der Waals surface area contributed by atoms with Crippen LogP contribution in [0, 0.1) is 0 Å². The summed E-state index contributed by atoms with van der Waals surface area (Å²) < 4.78 is 0. The van der Waals surface area contributed by atoms with Crippen molar-refractivity contribution in [2.24, 2.45) is 0 Å². The van der Waals surface area contributed by atoms with Gasteiger partial charge in [0.1, 0.15) is 0 Å². The molecule has 9 rings (SSSR count). The number of rotatable bonds is 1. The third-order valence-corrected chi connectivity index (χ3v) is 11.0. The number of nitrogens with zero attached hydrogens (tertiary/aromatic N) is 3. The van der Waals surface area contributed by atoms with Crippen LogP contribution in [0.25, 0.3) is 76.5 Å². The Hall–Kier alpha value is -5.67. The van der Waals surface area contributed by atoms with Gasteiger partial charge in [-0.25, -0.2) is 15.0 Å². The molecule has 0 fully saturated rings. The van der Waals surface area contributed by atoms with Crippen molar-refractivity contribution in [3.05, 3.63) is 151 Å². The molecule has 12 bridgehead atoms. The number of hydrogen-bond acceptors (Lipinski definition) is 3. The van der Waals surface area contributed by atoms with Gasteiger partial charge in [0.15, 0.2) is 17.1 Å². The van der Waals surface area contributed by atoms with Crippen molar-refractivity contribution < 1.29 is 0 Å². The average molecular weight is 618 g/mol. The Labute approximate surface area is 279 Å². The van der Waals surface area contributed by atoms with E-state index in [-0.39, 0.29) is 10.8 Å². The first kappa shape index (κ1) is 28.5. The topological polar surface area (TPSA) is 38.7 Å². The zero-order chi connectivity index (χ0) is 32.6. The lowest BCUT2D eigenvalue weighted by atomic mass is 9.57. The largest absolute Gasteiger partial charge is 0.208 e. The van der Waals surface area contributed by atoms with Gasteiger partial charge in [-0.2, -0.15) is 0 Å². The predicted octanol–water partition coefficient (Wildman–Crippen LogP) is 11.7. The van der Waals surface area contributed by atoms with Gasteiger partial charge in [-0.15, -0.1) is 0 Å². The Kier molecular flexibility index (Phi) is 6.20. The molecule has 8 aromatic rings. The molecule has 0 spiro atoms. The van der Waals surface area contributed by atoms with E-state index in [1.54, 1.807) is 0 Å². The maximum atomic E-state index is 5.16. The van der Waals surface area contributed by atoms with Crippen molar-refractivity contribution in [3.8, 4) is 11.4 Å². The summed E-state index contributed by atoms with van der Waals surface area (Å²) in [5.74, 6) is 0.665. The zero-order valence-corrected chi connectivity index (χ0v) is 27.6. The summed E-state index contributed by atoms with van der Waals surface area (Å²) in [5, 5.41) is 11.5. The fraction of sp³-hybridized carbons (Fsp3) is 0.133. The average Bonchev–Trinajstić information content (AvgIpc) is 3.14. The number of benzene rings is 6. The van der Waals surface area contributed by atoms with Crippen molar-refractivity contribution in [2.75, 3.05) is 0 Å². The molecule has 0 radical (unpaired) electrons. The molecule has 3 nitrogen and oxygen atoms in total. The van der Waals surface area contributed by atoms with Crippen LogP contribution in [-0.2, 0) is 10.8 Å². The van der Waals surface area contributed by atoms with Crippen LogP contribution < -0.4 is 0 Å². The second-order valence-electron chi connectivity index (χ2n) is 14.2. The van der Waals surface area contributed by atoms with Gasteiger partial charge in [0, 0.05) is 16.3 Å². The minimum atomic E-state index is -0.1000. The van der Waals surface area contributed by atoms with Crippen LogP contribution in [0.4, 0.5) is 0 Å². The van der Waals surface area contributed by atoms with Crippen LogP contribution >= 0.6 is 0 Å². The standard InChI is InChI=1S/C45H35N3/c1-44(2)39-21-19-34-26-37(39)38-27-36(20-22-40(38)45(44,3)4)43-47-41(28-11-6-5-7-12-28)46-42(48-43)35-18-10-17-33(25-35)31-15-8-13-29(23-31)30-14-9-16-32(34)24-30/h5-27H,1-4H3. The fourth-order valence-corrected chi connectivity index (χ4v) is 7.56. The first-order valence-corrected chi connectivity index (χ1v) is 16.7. The van der Waals surface area contributed by atoms with Crippen molar-refractivity contribution in [3.63, 3.8) is 0 Å². The molecule has 48 heavy (non-hydrogen) atoms. The van der Waals surface area contributed by atoms with Gasteiger partial charge in [-0.1, -0.05) is 137 Å². The highest BCUT2D eigenvalue weighted by Crippen LogP contribution is 2.51. The van der Waals surface area contributed by atoms with Crippen LogP contribution in [0.2, 0.25) is 0 Å². The molecule has 6 aromatic carbocycles. The summed E-state index contributed by atoms with van der Waals surface area (Å²) in [6.45, 7) is 9.51. The second kappa shape index (κ2) is 10.4. The lowest BCUT2D eigenvalue weighted by Gasteiger charge is -2.46. The number of aromatic nitrogens is 3. The molecule has 2 aromatic heterocycles. The maximum Gasteiger partial charge on any atom is 0.164 e. The van der Waals surface area contributed by atoms with E-state index in [1.807, 2.05) is 18.2 Å². The molecule has 1 aliphatic carbocycles. The lowest BCUT2D eigenvalue weighted by Crippen LogP contribution is -2.42. The van der Waals surface area contributed by atoms with Crippen molar-refractivity contribution in [1.82, 2.24) is 15.0 Å². The van der Waals surface area contributed by atoms with Crippen LogP contribution in [0.15, 0.2) is 140 Å². The molecule has 0 unspecified atom stereocenters. The molecule has 0 saturated carbocycles. The highest BCUT2D eigenvalue weighted by atomic mass is 15.0. The Morgan fingerprint density at radius 3 is 1.27 bits per heavy atom. The molecule has 1 aliphatic rings. The van der Waals surface area contributed by atoms with Gasteiger partial charge in [0.25, 0.3) is 0 Å². The summed E-state index contributed by atoms with van der Waals surface area (Å²) in [7, 11) is 0. The molecule has 0 atom stereocenters. The van der Waals surface area contributed by atoms with E-state index in [1.165, 1.54) is 43.4 Å². The first-order chi connectivity index (χ1) is 23.3. The van der Waals surface area contributed by atoms with Gasteiger partial charge < -0.3 is 0 Å². The summed E-state index contributed by atoms with van der Waals surface area (Å²) in [6.07, 6.45) is 0. The highest BCUT2D eigenvalue weighted by molar-refractivity contribution is 6.02. The van der Waals surface area contributed by atoms with Crippen LogP contribution in [0.5, 0.6) is 0 Å². The van der Waals surface area contributed by atoms with Crippen molar-refractivity contribution in [2.45, 2.75) is 38.5 Å². The molecule has 3 heteroatoms. The monoisotopic (exact) mass is 617 g/mol. The summed E-state index contributed by atoms with van der Waals surface area (Å²) in [5.41, 5.74) is 4.81. The maximum absolute atomic E-state index is 5.16. The zero-order valence-electron chi connectivity index (χ0n) is 27.6. The fourth-order valence-electron chi connectivity index (χ4n) is 7.56. The second-order valence-corrected chi connectivity index (χ2v) is 14.2. The van der Waals surface area contributed by atoms with E-state index in [9.17, 15) is 0 Å². The first-order valence-electron chi connectivity index (χ1n) is 16.7. The van der Waals surface area contributed by atoms with E-state index >= 15 is 0 Å². The van der Waals surface area contributed by atoms with E-state index in [4.69, 9.17) is 15.0 Å². The van der Waals surface area contributed by atoms with Crippen LogP contribution in [0.1, 0.15) is 38.8 Å². The van der Waals surface area contributed by atoms with Gasteiger partial charge in [-0.3, -0.25) is 0 Å². The van der Waals surface area contributed by atoms with Crippen molar-refractivity contribution >= 4 is 65.2 Å². The van der Waals surface area contributed by atoms with Crippen LogP contribution in [-0.4, -0.2) is 15.0 Å². The molecule has 0 saturated heterocycles. The minimum Gasteiger partial charge on any atom is -0.208 e. The third kappa shape index (κ3) is 4.38. The third-order valence-electron chi connectivity index (χ3n) is 11.0. The molecule has 0 amide bonds. The Balaban J connectivity index is 1.53. The lowest BCUT2D eigenvalue weighted by molar-refractivity contribution is 0.304. The Bertz CT molecular complexity index is 2720. The van der Waals surface area contributed by atoms with E-state index in [0.717, 1.165) is 27.1 Å². The molecular formula is C45H35N3. The highest BCUT2D eigenvalue weighted by Gasteiger charge is 2.44. The van der Waals surface area contributed by atoms with Gasteiger partial charge in [0.2, 0.25) is 0 Å². The Morgan fingerprint density at radius 1 is 0.354 bits per heavy atom. The van der Waals surface area contributed by atoms with E-state index in [0.29, 0.717) is 17.1 Å². The Morgan fingerprint density at radius 2 is 0.750 bits per heavy atom. The molecule has 0 aliphatic heterocycles. The van der Waals surface area contributed by atoms with Crippen LogP contribution in [0.3, 0.4) is 0 Å². The predicted molar refractivity (Wildman–Crippen MR) is 203 cm³/mol. The number of fused-ring (bicyclic) bond motifs is 15.